The summed E-state index contributed by atoms with van der Waals surface area (Å²) in [6.45, 7) is 5.56. The van der Waals surface area contributed by atoms with E-state index in [0.717, 1.165) is 17.3 Å². The minimum Gasteiger partial charge on any atom is -0.467 e. The molecule has 2 aromatic rings. The fourth-order valence-electron chi connectivity index (χ4n) is 3.49. The molecule has 3 amide bonds. The summed E-state index contributed by atoms with van der Waals surface area (Å²) in [5.41, 5.74) is 1.47. The smallest absolute Gasteiger partial charge is 0.328 e. The Morgan fingerprint density at radius 1 is 1.14 bits per heavy atom. The zero-order valence-corrected chi connectivity index (χ0v) is 17.1. The average molecular weight is 400 g/mol. The fraction of sp³-hybridized carbons (Fsp3) is 0.476. The Hall–Kier alpha value is -3.03. The van der Waals surface area contributed by atoms with Crippen molar-refractivity contribution in [2.45, 2.75) is 26.3 Å². The number of aromatic amines is 1. The number of hydrogen-bond donors (Lipinski definition) is 2. The number of carbonyl (C=O) groups excluding carboxylic acids is 3. The summed E-state index contributed by atoms with van der Waals surface area (Å²) in [5, 5.41) is 3.78. The van der Waals surface area contributed by atoms with Crippen LogP contribution in [0.25, 0.3) is 10.9 Å². The van der Waals surface area contributed by atoms with E-state index >= 15 is 0 Å². The van der Waals surface area contributed by atoms with E-state index in [9.17, 15) is 14.4 Å². The van der Waals surface area contributed by atoms with Crippen molar-refractivity contribution < 1.29 is 19.1 Å². The van der Waals surface area contributed by atoms with Crippen molar-refractivity contribution in [2.24, 2.45) is 5.92 Å². The molecule has 0 unspecified atom stereocenters. The first-order valence-electron chi connectivity index (χ1n) is 9.94. The molecule has 3 rings (SSSR count). The number of hydrogen-bond acceptors (Lipinski definition) is 4. The minimum absolute atomic E-state index is 0.0312. The quantitative estimate of drug-likeness (QED) is 0.753. The number of para-hydroxylation sites is 1. The van der Waals surface area contributed by atoms with Crippen LogP contribution in [0.3, 0.4) is 0 Å². The highest BCUT2D eigenvalue weighted by atomic mass is 16.5. The summed E-state index contributed by atoms with van der Waals surface area (Å²) in [6, 6.07) is 8.61. The van der Waals surface area contributed by atoms with E-state index < -0.39 is 12.0 Å². The summed E-state index contributed by atoms with van der Waals surface area (Å²) in [5.74, 6) is -0.551. The highest BCUT2D eigenvalue weighted by Gasteiger charge is 2.31. The second-order valence-electron chi connectivity index (χ2n) is 7.39. The summed E-state index contributed by atoms with van der Waals surface area (Å²) < 4.78 is 4.82. The van der Waals surface area contributed by atoms with Gasteiger partial charge in [0.2, 0.25) is 0 Å². The number of carbonyl (C=O) groups is 3. The van der Waals surface area contributed by atoms with Crippen molar-refractivity contribution >= 4 is 28.8 Å². The number of H-pyrrole nitrogens is 1. The van der Waals surface area contributed by atoms with Crippen LogP contribution in [0.2, 0.25) is 0 Å². The number of aromatic nitrogens is 1. The monoisotopic (exact) mass is 400 g/mol. The molecular weight excluding hydrogens is 372 g/mol. The lowest BCUT2D eigenvalue weighted by molar-refractivity contribution is -0.144. The number of piperazine rings is 1. The van der Waals surface area contributed by atoms with Crippen LogP contribution in [0.5, 0.6) is 0 Å². The van der Waals surface area contributed by atoms with E-state index in [2.05, 4.69) is 10.3 Å². The molecule has 0 saturated carbocycles. The molecule has 156 valence electrons. The Kier molecular flexibility index (Phi) is 6.41. The van der Waals surface area contributed by atoms with Crippen molar-refractivity contribution in [3.05, 3.63) is 36.0 Å². The van der Waals surface area contributed by atoms with Crippen LogP contribution in [0, 0.1) is 5.92 Å². The Labute approximate surface area is 170 Å². The van der Waals surface area contributed by atoms with Crippen LogP contribution in [0.15, 0.2) is 30.3 Å². The van der Waals surface area contributed by atoms with E-state index in [4.69, 9.17) is 4.74 Å². The van der Waals surface area contributed by atoms with Crippen molar-refractivity contribution in [2.75, 3.05) is 33.3 Å². The molecule has 0 bridgehead atoms. The topological polar surface area (TPSA) is 94.7 Å². The number of methoxy groups -OCH3 is 1. The predicted molar refractivity (Wildman–Crippen MR) is 110 cm³/mol. The van der Waals surface area contributed by atoms with Crippen LogP contribution in [0.1, 0.15) is 30.8 Å². The summed E-state index contributed by atoms with van der Waals surface area (Å²) >= 11 is 0. The third-order valence-electron chi connectivity index (χ3n) is 5.56. The molecule has 2 N–H and O–H groups in total. The molecule has 0 aliphatic carbocycles. The Balaban J connectivity index is 1.58. The molecule has 0 spiro atoms. The zero-order chi connectivity index (χ0) is 21.0. The second kappa shape index (κ2) is 8.98. The van der Waals surface area contributed by atoms with Gasteiger partial charge in [-0.15, -0.1) is 0 Å². The molecule has 2 heterocycles. The van der Waals surface area contributed by atoms with E-state index in [1.807, 2.05) is 44.2 Å². The van der Waals surface area contributed by atoms with Gasteiger partial charge in [0.15, 0.2) is 0 Å². The van der Waals surface area contributed by atoms with Gasteiger partial charge in [0.25, 0.3) is 5.91 Å². The lowest BCUT2D eigenvalue weighted by Crippen LogP contribution is -2.56. The number of esters is 1. The molecule has 0 radical (unpaired) electrons. The van der Waals surface area contributed by atoms with Gasteiger partial charge < -0.3 is 24.8 Å². The molecule has 8 heteroatoms. The third kappa shape index (κ3) is 4.52. The van der Waals surface area contributed by atoms with Gasteiger partial charge in [-0.1, -0.05) is 38.5 Å². The summed E-state index contributed by atoms with van der Waals surface area (Å²) in [4.78, 5) is 43.9. The number of urea groups is 1. The van der Waals surface area contributed by atoms with Gasteiger partial charge in [0, 0.05) is 37.1 Å². The number of ether oxygens (including phenoxy) is 1. The number of amides is 3. The summed E-state index contributed by atoms with van der Waals surface area (Å²) in [6.07, 6.45) is 0.743. The number of benzene rings is 1. The maximum atomic E-state index is 12.8. The lowest BCUT2D eigenvalue weighted by Gasteiger charge is -2.35. The number of fused-ring (bicyclic) bond motifs is 1. The number of nitrogens with one attached hydrogen (secondary N) is 2. The van der Waals surface area contributed by atoms with Gasteiger partial charge in [-0.3, -0.25) is 4.79 Å². The molecule has 1 saturated heterocycles. The number of nitrogens with zero attached hydrogens (tertiary/aromatic N) is 2. The van der Waals surface area contributed by atoms with E-state index in [0.29, 0.717) is 31.9 Å². The van der Waals surface area contributed by atoms with E-state index in [1.54, 1.807) is 9.80 Å². The second-order valence-corrected chi connectivity index (χ2v) is 7.39. The first kappa shape index (κ1) is 20.7. The van der Waals surface area contributed by atoms with Crippen molar-refractivity contribution in [3.8, 4) is 0 Å². The molecule has 2 atom stereocenters. The van der Waals surface area contributed by atoms with Crippen LogP contribution in [-0.4, -0.2) is 72.0 Å². The van der Waals surface area contributed by atoms with Crippen LogP contribution < -0.4 is 5.32 Å². The molecule has 8 nitrogen and oxygen atoms in total. The Bertz CT molecular complexity index is 853. The third-order valence-corrected chi connectivity index (χ3v) is 5.56. The Morgan fingerprint density at radius 3 is 2.41 bits per heavy atom. The average Bonchev–Trinajstić information content (AvgIpc) is 3.20. The van der Waals surface area contributed by atoms with Crippen molar-refractivity contribution in [1.29, 1.82) is 0 Å². The largest absolute Gasteiger partial charge is 0.467 e. The minimum atomic E-state index is -0.677. The zero-order valence-electron chi connectivity index (χ0n) is 17.1. The van der Waals surface area contributed by atoms with E-state index in [1.165, 1.54) is 7.11 Å². The van der Waals surface area contributed by atoms with Crippen LogP contribution >= 0.6 is 0 Å². The lowest BCUT2D eigenvalue weighted by atomic mass is 9.99. The van der Waals surface area contributed by atoms with Crippen LogP contribution in [0.4, 0.5) is 4.79 Å². The highest BCUT2D eigenvalue weighted by Crippen LogP contribution is 2.17. The molecule has 1 aromatic carbocycles. The maximum Gasteiger partial charge on any atom is 0.328 e. The number of rotatable bonds is 5. The molecule has 1 aliphatic rings. The van der Waals surface area contributed by atoms with Crippen molar-refractivity contribution in [3.63, 3.8) is 0 Å². The van der Waals surface area contributed by atoms with Gasteiger partial charge >= 0.3 is 12.0 Å². The predicted octanol–water partition coefficient (Wildman–Crippen LogP) is 2.22. The first-order valence-corrected chi connectivity index (χ1v) is 9.94. The molecule has 1 aliphatic heterocycles. The highest BCUT2D eigenvalue weighted by molar-refractivity contribution is 5.98. The van der Waals surface area contributed by atoms with E-state index in [-0.39, 0.29) is 17.9 Å². The van der Waals surface area contributed by atoms with Gasteiger partial charge in [0.1, 0.15) is 11.7 Å². The SMILES string of the molecule is CC[C@H](C)[C@H](NC(=O)N1CCN(C(=O)c2cc3ccccc3[nH]2)CC1)C(=O)OC. The fourth-order valence-corrected chi connectivity index (χ4v) is 3.49. The van der Waals surface area contributed by atoms with Gasteiger partial charge in [-0.05, 0) is 18.1 Å². The molecular formula is C21H28N4O4. The molecule has 1 aromatic heterocycles. The Morgan fingerprint density at radius 2 is 1.79 bits per heavy atom. The van der Waals surface area contributed by atoms with Crippen LogP contribution in [-0.2, 0) is 9.53 Å². The van der Waals surface area contributed by atoms with Gasteiger partial charge in [-0.25, -0.2) is 9.59 Å². The first-order chi connectivity index (χ1) is 13.9. The van der Waals surface area contributed by atoms with Gasteiger partial charge in [-0.2, -0.15) is 0 Å². The van der Waals surface area contributed by atoms with Gasteiger partial charge in [0.05, 0.1) is 7.11 Å². The molecule has 29 heavy (non-hydrogen) atoms. The normalized spacial score (nSPS) is 16.4. The maximum absolute atomic E-state index is 12.8. The summed E-state index contributed by atoms with van der Waals surface area (Å²) in [7, 11) is 1.32. The molecule has 1 fully saturated rings. The van der Waals surface area contributed by atoms with Crippen molar-refractivity contribution in [1.82, 2.24) is 20.1 Å². The standard InChI is InChI=1S/C21H28N4O4/c1-4-14(2)18(20(27)29-3)23-21(28)25-11-9-24(10-12-25)19(26)17-13-15-7-5-6-8-16(15)22-17/h5-8,13-14,18,22H,4,9-12H2,1-3H3,(H,23,28)/t14-,18-/m0/s1.